The zero-order valence-electron chi connectivity index (χ0n) is 10.7. The van der Waals surface area contributed by atoms with Crippen molar-refractivity contribution in [1.29, 1.82) is 0 Å². The molecule has 1 aromatic carbocycles. The van der Waals surface area contributed by atoms with Crippen molar-refractivity contribution >= 4 is 29.1 Å². The molecule has 0 atom stereocenters. The van der Waals surface area contributed by atoms with Crippen LogP contribution in [0.2, 0.25) is 5.02 Å². The Morgan fingerprint density at radius 3 is 2.75 bits per heavy atom. The predicted molar refractivity (Wildman–Crippen MR) is 80.0 cm³/mol. The monoisotopic (exact) mass is 295 g/mol. The first kappa shape index (κ1) is 14.3. The van der Waals surface area contributed by atoms with E-state index in [1.807, 2.05) is 12.1 Å². The molecule has 0 bridgehead atoms. The first-order valence-corrected chi connectivity index (χ1v) is 6.42. The van der Waals surface area contributed by atoms with Gasteiger partial charge in [-0.05, 0) is 30.0 Å². The third-order valence-electron chi connectivity index (χ3n) is 2.99. The molecule has 0 saturated heterocycles. The fourth-order valence-corrected chi connectivity index (χ4v) is 2.30. The SMILES string of the molecule is NC(N)=NC(N)=NCCC1=CCc2c1ccc(Cl)c2F. The Bertz CT molecular complexity index is 617. The molecule has 7 heteroatoms. The van der Waals surface area contributed by atoms with Gasteiger partial charge in [0, 0.05) is 12.1 Å². The second-order valence-electron chi connectivity index (χ2n) is 4.35. The average molecular weight is 296 g/mol. The topological polar surface area (TPSA) is 103 Å². The molecule has 0 aromatic heterocycles. The van der Waals surface area contributed by atoms with E-state index in [0.29, 0.717) is 24.9 Å². The zero-order chi connectivity index (χ0) is 14.7. The number of halogens is 2. The molecule has 2 rings (SSSR count). The van der Waals surface area contributed by atoms with Crippen LogP contribution in [0.15, 0.2) is 28.2 Å². The van der Waals surface area contributed by atoms with E-state index in [0.717, 1.165) is 11.1 Å². The number of fused-ring (bicyclic) bond motifs is 1. The Hall–Kier alpha value is -2.08. The van der Waals surface area contributed by atoms with Crippen LogP contribution in [0, 0.1) is 5.82 Å². The summed E-state index contributed by atoms with van der Waals surface area (Å²) in [5, 5.41) is 0.147. The standard InChI is InChI=1S/C13H15ClFN5/c14-10-4-3-8-7(1-2-9(8)11(10)15)5-6-19-13(18)20-12(16)17/h1,3-4H,2,5-6H2,(H6,16,17,18,19,20). The van der Waals surface area contributed by atoms with Gasteiger partial charge in [-0.1, -0.05) is 23.7 Å². The maximum Gasteiger partial charge on any atom is 0.218 e. The molecular formula is C13H15ClFN5. The Balaban J connectivity index is 2.05. The van der Waals surface area contributed by atoms with Crippen molar-refractivity contribution in [3.05, 3.63) is 40.2 Å². The summed E-state index contributed by atoms with van der Waals surface area (Å²) in [6, 6.07) is 3.38. The molecule has 6 N–H and O–H groups in total. The van der Waals surface area contributed by atoms with Crippen LogP contribution in [-0.4, -0.2) is 18.5 Å². The number of hydrogen-bond acceptors (Lipinski definition) is 1. The van der Waals surface area contributed by atoms with E-state index < -0.39 is 0 Å². The minimum atomic E-state index is -0.348. The minimum absolute atomic E-state index is 0.0334. The molecule has 1 aromatic rings. The van der Waals surface area contributed by atoms with Gasteiger partial charge in [-0.2, -0.15) is 4.99 Å². The van der Waals surface area contributed by atoms with Gasteiger partial charge < -0.3 is 17.2 Å². The fraction of sp³-hybridized carbons (Fsp3) is 0.231. The third kappa shape index (κ3) is 3.08. The van der Waals surface area contributed by atoms with E-state index in [1.54, 1.807) is 6.07 Å². The fourth-order valence-electron chi connectivity index (χ4n) is 2.12. The molecule has 0 amide bonds. The summed E-state index contributed by atoms with van der Waals surface area (Å²) in [6.45, 7) is 0.429. The highest BCUT2D eigenvalue weighted by Crippen LogP contribution is 2.34. The Kier molecular flexibility index (Phi) is 4.24. The normalized spacial score (nSPS) is 13.9. The van der Waals surface area contributed by atoms with Gasteiger partial charge in [-0.15, -0.1) is 0 Å². The van der Waals surface area contributed by atoms with E-state index in [9.17, 15) is 4.39 Å². The van der Waals surface area contributed by atoms with Crippen molar-refractivity contribution in [2.45, 2.75) is 12.8 Å². The lowest BCUT2D eigenvalue weighted by molar-refractivity contribution is 0.616. The molecule has 0 spiro atoms. The lowest BCUT2D eigenvalue weighted by atomic mass is 10.0. The van der Waals surface area contributed by atoms with Crippen LogP contribution >= 0.6 is 11.6 Å². The van der Waals surface area contributed by atoms with Crippen molar-refractivity contribution < 1.29 is 4.39 Å². The second kappa shape index (κ2) is 5.92. The van der Waals surface area contributed by atoms with Gasteiger partial charge in [-0.25, -0.2) is 4.39 Å². The van der Waals surface area contributed by atoms with Crippen LogP contribution in [0.5, 0.6) is 0 Å². The molecule has 0 aliphatic heterocycles. The van der Waals surface area contributed by atoms with Gasteiger partial charge in [0.2, 0.25) is 5.96 Å². The van der Waals surface area contributed by atoms with Crippen molar-refractivity contribution in [2.75, 3.05) is 6.54 Å². The van der Waals surface area contributed by atoms with Crippen molar-refractivity contribution in [3.63, 3.8) is 0 Å². The number of allylic oxidation sites excluding steroid dienone is 1. The van der Waals surface area contributed by atoms with Crippen LogP contribution in [0.4, 0.5) is 4.39 Å². The maximum absolute atomic E-state index is 13.8. The summed E-state index contributed by atoms with van der Waals surface area (Å²) < 4.78 is 13.8. The molecule has 0 radical (unpaired) electrons. The van der Waals surface area contributed by atoms with Crippen LogP contribution in [0.25, 0.3) is 5.57 Å². The van der Waals surface area contributed by atoms with Crippen LogP contribution in [-0.2, 0) is 6.42 Å². The summed E-state index contributed by atoms with van der Waals surface area (Å²) >= 11 is 5.76. The van der Waals surface area contributed by atoms with Gasteiger partial charge >= 0.3 is 0 Å². The molecule has 0 saturated carbocycles. The third-order valence-corrected chi connectivity index (χ3v) is 3.29. The van der Waals surface area contributed by atoms with Crippen LogP contribution in [0.1, 0.15) is 17.5 Å². The molecule has 20 heavy (non-hydrogen) atoms. The zero-order valence-corrected chi connectivity index (χ0v) is 11.5. The number of benzene rings is 1. The van der Waals surface area contributed by atoms with Gasteiger partial charge in [0.25, 0.3) is 0 Å². The predicted octanol–water partition coefficient (Wildman–Crippen LogP) is 1.40. The average Bonchev–Trinajstić information content (AvgIpc) is 2.77. The lowest BCUT2D eigenvalue weighted by Crippen LogP contribution is -2.26. The molecule has 5 nitrogen and oxygen atoms in total. The summed E-state index contributed by atoms with van der Waals surface area (Å²) in [7, 11) is 0. The first-order chi connectivity index (χ1) is 9.49. The first-order valence-electron chi connectivity index (χ1n) is 6.05. The van der Waals surface area contributed by atoms with E-state index in [-0.39, 0.29) is 22.8 Å². The van der Waals surface area contributed by atoms with E-state index in [2.05, 4.69) is 9.98 Å². The Morgan fingerprint density at radius 1 is 1.30 bits per heavy atom. The lowest BCUT2D eigenvalue weighted by Gasteiger charge is -2.06. The summed E-state index contributed by atoms with van der Waals surface area (Å²) in [6.07, 6.45) is 3.15. The molecule has 0 fully saturated rings. The molecular weight excluding hydrogens is 281 g/mol. The Labute approximate surface area is 121 Å². The molecule has 1 aliphatic carbocycles. The largest absolute Gasteiger partial charge is 0.370 e. The number of nitrogens with two attached hydrogens (primary N) is 3. The molecule has 106 valence electrons. The van der Waals surface area contributed by atoms with Gasteiger partial charge in [0.05, 0.1) is 5.02 Å². The van der Waals surface area contributed by atoms with Gasteiger partial charge in [0.1, 0.15) is 5.82 Å². The summed E-state index contributed by atoms with van der Waals surface area (Å²) in [5.41, 5.74) is 18.4. The van der Waals surface area contributed by atoms with E-state index in [1.165, 1.54) is 0 Å². The molecule has 0 unspecified atom stereocenters. The van der Waals surface area contributed by atoms with Crippen LogP contribution < -0.4 is 17.2 Å². The smallest absolute Gasteiger partial charge is 0.218 e. The highest BCUT2D eigenvalue weighted by Gasteiger charge is 2.19. The minimum Gasteiger partial charge on any atom is -0.370 e. The Morgan fingerprint density at radius 2 is 2.05 bits per heavy atom. The van der Waals surface area contributed by atoms with Gasteiger partial charge in [0.15, 0.2) is 5.96 Å². The van der Waals surface area contributed by atoms with Crippen LogP contribution in [0.3, 0.4) is 0 Å². The highest BCUT2D eigenvalue weighted by molar-refractivity contribution is 6.30. The maximum atomic E-state index is 13.8. The van der Waals surface area contributed by atoms with E-state index >= 15 is 0 Å². The summed E-state index contributed by atoms with van der Waals surface area (Å²) in [5.74, 6) is -0.446. The number of rotatable bonds is 3. The highest BCUT2D eigenvalue weighted by atomic mass is 35.5. The van der Waals surface area contributed by atoms with Crippen molar-refractivity contribution in [1.82, 2.24) is 0 Å². The number of nitrogens with zero attached hydrogens (tertiary/aromatic N) is 2. The summed E-state index contributed by atoms with van der Waals surface area (Å²) in [4.78, 5) is 7.64. The second-order valence-corrected chi connectivity index (χ2v) is 4.75. The van der Waals surface area contributed by atoms with Gasteiger partial charge in [-0.3, -0.25) is 4.99 Å². The van der Waals surface area contributed by atoms with Crippen molar-refractivity contribution in [2.24, 2.45) is 27.2 Å². The van der Waals surface area contributed by atoms with E-state index in [4.69, 9.17) is 28.8 Å². The number of aliphatic imine (C=N–C) groups is 2. The number of guanidine groups is 2. The number of hydrogen-bond donors (Lipinski definition) is 3. The van der Waals surface area contributed by atoms with Crippen molar-refractivity contribution in [3.8, 4) is 0 Å². The quantitative estimate of drug-likeness (QED) is 0.580. The molecule has 1 aliphatic rings. The molecule has 0 heterocycles.